The van der Waals surface area contributed by atoms with Gasteiger partial charge in [0.2, 0.25) is 0 Å². The monoisotopic (exact) mass is 201 g/mol. The first-order valence-electron chi connectivity index (χ1n) is 4.45. The van der Waals surface area contributed by atoms with Crippen molar-refractivity contribution in [2.45, 2.75) is 19.3 Å². The minimum Gasteiger partial charge on any atom is -0.508 e. The molecule has 0 aliphatic rings. The second kappa shape index (κ2) is 4.91. The molecule has 1 rings (SSSR count). The van der Waals surface area contributed by atoms with Crippen LogP contribution in [0.4, 0.5) is 8.78 Å². The molecule has 1 aromatic carbocycles. The fourth-order valence-electron chi connectivity index (χ4n) is 1.23. The molecular formula is C10H13F2NO. The zero-order valence-corrected chi connectivity index (χ0v) is 7.71. The molecule has 0 radical (unpaired) electrons. The molecule has 0 saturated heterocycles. The molecule has 0 bridgehead atoms. The molecule has 0 aliphatic heterocycles. The Balaban J connectivity index is 2.85. The molecule has 1 aromatic rings. The number of phenols is 1. The first kappa shape index (κ1) is 10.9. The zero-order valence-electron chi connectivity index (χ0n) is 7.71. The number of halogens is 2. The van der Waals surface area contributed by atoms with Crippen LogP contribution in [0.25, 0.3) is 0 Å². The number of phenolic OH excluding ortho intramolecular Hbond substituents is 1. The normalized spacial score (nSPS) is 10.9. The molecule has 0 fully saturated rings. The van der Waals surface area contributed by atoms with Gasteiger partial charge in [0.15, 0.2) is 0 Å². The van der Waals surface area contributed by atoms with E-state index in [0.29, 0.717) is 24.9 Å². The lowest BCUT2D eigenvalue weighted by molar-refractivity contribution is 0.151. The molecule has 14 heavy (non-hydrogen) atoms. The van der Waals surface area contributed by atoms with Gasteiger partial charge < -0.3 is 10.8 Å². The van der Waals surface area contributed by atoms with E-state index in [1.165, 1.54) is 18.2 Å². The lowest BCUT2D eigenvalue weighted by Crippen LogP contribution is -2.01. The predicted octanol–water partition coefficient (Wildman–Crippen LogP) is 2.22. The van der Waals surface area contributed by atoms with Crippen LogP contribution in [0.15, 0.2) is 18.2 Å². The number of alkyl halides is 2. The number of aromatic hydroxyl groups is 1. The van der Waals surface area contributed by atoms with Crippen LogP contribution in [0, 0.1) is 0 Å². The summed E-state index contributed by atoms with van der Waals surface area (Å²) in [5, 5.41) is 9.36. The largest absolute Gasteiger partial charge is 0.508 e. The van der Waals surface area contributed by atoms with Crippen LogP contribution in [0.2, 0.25) is 0 Å². The quantitative estimate of drug-likeness (QED) is 0.784. The Morgan fingerprint density at radius 2 is 2.07 bits per heavy atom. The predicted molar refractivity (Wildman–Crippen MR) is 50.4 cm³/mol. The van der Waals surface area contributed by atoms with Crippen molar-refractivity contribution in [3.63, 3.8) is 0 Å². The summed E-state index contributed by atoms with van der Waals surface area (Å²) in [5.74, 6) is 0.0582. The van der Waals surface area contributed by atoms with Crippen molar-refractivity contribution >= 4 is 0 Å². The van der Waals surface area contributed by atoms with Crippen molar-refractivity contribution in [1.82, 2.24) is 0 Å². The third kappa shape index (κ3) is 2.67. The first-order chi connectivity index (χ1) is 6.65. The number of nitrogens with two attached hydrogens (primary N) is 1. The summed E-state index contributed by atoms with van der Waals surface area (Å²) in [4.78, 5) is 0. The zero-order chi connectivity index (χ0) is 10.6. The molecule has 78 valence electrons. The van der Waals surface area contributed by atoms with Gasteiger partial charge in [-0.1, -0.05) is 0 Å². The van der Waals surface area contributed by atoms with Gasteiger partial charge in [-0.05, 0) is 43.1 Å². The standard InChI is InChI=1S/C10H13F2NO/c11-10(12)8-3-4-9(14)7(6-8)2-1-5-13/h3-4,6,10,14H,1-2,5,13H2. The van der Waals surface area contributed by atoms with E-state index in [1.54, 1.807) is 0 Å². The average Bonchev–Trinajstić information content (AvgIpc) is 2.16. The molecule has 0 heterocycles. The Labute approximate surface area is 81.4 Å². The van der Waals surface area contributed by atoms with Gasteiger partial charge in [0.1, 0.15) is 5.75 Å². The first-order valence-corrected chi connectivity index (χ1v) is 4.45. The van der Waals surface area contributed by atoms with Crippen molar-refractivity contribution in [2.75, 3.05) is 6.54 Å². The van der Waals surface area contributed by atoms with E-state index in [1.807, 2.05) is 0 Å². The average molecular weight is 201 g/mol. The van der Waals surface area contributed by atoms with Crippen molar-refractivity contribution < 1.29 is 13.9 Å². The molecule has 3 N–H and O–H groups in total. The summed E-state index contributed by atoms with van der Waals surface area (Å²) < 4.78 is 24.6. The van der Waals surface area contributed by atoms with E-state index in [9.17, 15) is 13.9 Å². The molecule has 0 spiro atoms. The summed E-state index contributed by atoms with van der Waals surface area (Å²) in [6.45, 7) is 0.484. The van der Waals surface area contributed by atoms with Crippen LogP contribution < -0.4 is 5.73 Å². The molecule has 0 saturated carbocycles. The lowest BCUT2D eigenvalue weighted by Gasteiger charge is -2.06. The van der Waals surface area contributed by atoms with Crippen molar-refractivity contribution in [3.05, 3.63) is 29.3 Å². The SMILES string of the molecule is NCCCc1cc(C(F)F)ccc1O. The maximum absolute atomic E-state index is 12.3. The van der Waals surface area contributed by atoms with Gasteiger partial charge in [0.05, 0.1) is 0 Å². The van der Waals surface area contributed by atoms with Crippen molar-refractivity contribution in [3.8, 4) is 5.75 Å². The molecule has 0 unspecified atom stereocenters. The number of aryl methyl sites for hydroxylation is 1. The highest BCUT2D eigenvalue weighted by Gasteiger charge is 2.09. The summed E-state index contributed by atoms with van der Waals surface area (Å²) in [6.07, 6.45) is -1.28. The van der Waals surface area contributed by atoms with Gasteiger partial charge in [-0.3, -0.25) is 0 Å². The van der Waals surface area contributed by atoms with E-state index < -0.39 is 6.43 Å². The topological polar surface area (TPSA) is 46.2 Å². The van der Waals surface area contributed by atoms with Gasteiger partial charge in [-0.15, -0.1) is 0 Å². The summed E-state index contributed by atoms with van der Waals surface area (Å²) in [5.41, 5.74) is 5.77. The summed E-state index contributed by atoms with van der Waals surface area (Å²) in [7, 11) is 0. The fourth-order valence-corrected chi connectivity index (χ4v) is 1.23. The highest BCUT2D eigenvalue weighted by atomic mass is 19.3. The maximum Gasteiger partial charge on any atom is 0.263 e. The Morgan fingerprint density at radius 1 is 1.36 bits per heavy atom. The highest BCUT2D eigenvalue weighted by Crippen LogP contribution is 2.25. The third-order valence-electron chi connectivity index (χ3n) is 2.01. The highest BCUT2D eigenvalue weighted by molar-refractivity contribution is 5.36. The molecule has 2 nitrogen and oxygen atoms in total. The molecule has 0 amide bonds. The number of benzene rings is 1. The molecular weight excluding hydrogens is 188 g/mol. The van der Waals surface area contributed by atoms with Crippen molar-refractivity contribution in [2.24, 2.45) is 5.73 Å². The van der Waals surface area contributed by atoms with Gasteiger partial charge in [0, 0.05) is 5.56 Å². The molecule has 0 aromatic heterocycles. The second-order valence-corrected chi connectivity index (χ2v) is 3.08. The van der Waals surface area contributed by atoms with Gasteiger partial charge >= 0.3 is 0 Å². The number of rotatable bonds is 4. The Kier molecular flexibility index (Phi) is 3.83. The minimum atomic E-state index is -2.49. The Hall–Kier alpha value is -1.16. The van der Waals surface area contributed by atoms with Crippen LogP contribution >= 0.6 is 0 Å². The molecule has 0 atom stereocenters. The van der Waals surface area contributed by atoms with Gasteiger partial charge in [-0.25, -0.2) is 8.78 Å². The van der Waals surface area contributed by atoms with Crippen LogP contribution in [-0.2, 0) is 6.42 Å². The Bertz CT molecular complexity index is 302. The van der Waals surface area contributed by atoms with Crippen LogP contribution in [0.5, 0.6) is 5.75 Å². The maximum atomic E-state index is 12.3. The molecule has 4 heteroatoms. The van der Waals surface area contributed by atoms with E-state index in [4.69, 9.17) is 5.73 Å². The molecule has 0 aliphatic carbocycles. The lowest BCUT2D eigenvalue weighted by atomic mass is 10.1. The van der Waals surface area contributed by atoms with Crippen LogP contribution in [0.3, 0.4) is 0 Å². The third-order valence-corrected chi connectivity index (χ3v) is 2.01. The summed E-state index contributed by atoms with van der Waals surface area (Å²) >= 11 is 0. The number of hydrogen-bond acceptors (Lipinski definition) is 2. The smallest absolute Gasteiger partial charge is 0.263 e. The number of hydrogen-bond donors (Lipinski definition) is 2. The van der Waals surface area contributed by atoms with Gasteiger partial charge in [0.25, 0.3) is 6.43 Å². The Morgan fingerprint density at radius 3 is 2.64 bits per heavy atom. The van der Waals surface area contributed by atoms with E-state index >= 15 is 0 Å². The van der Waals surface area contributed by atoms with E-state index in [0.717, 1.165) is 0 Å². The van der Waals surface area contributed by atoms with Crippen molar-refractivity contribution in [1.29, 1.82) is 0 Å². The van der Waals surface area contributed by atoms with E-state index in [2.05, 4.69) is 0 Å². The van der Waals surface area contributed by atoms with Crippen LogP contribution in [-0.4, -0.2) is 11.7 Å². The van der Waals surface area contributed by atoms with Gasteiger partial charge in [-0.2, -0.15) is 0 Å². The fraction of sp³-hybridized carbons (Fsp3) is 0.400. The summed E-state index contributed by atoms with van der Waals surface area (Å²) in [6, 6.07) is 3.86. The second-order valence-electron chi connectivity index (χ2n) is 3.08. The minimum absolute atomic E-state index is 0.0582. The van der Waals surface area contributed by atoms with Crippen LogP contribution in [0.1, 0.15) is 24.0 Å². The van der Waals surface area contributed by atoms with E-state index in [-0.39, 0.29) is 11.3 Å².